The zero-order valence-electron chi connectivity index (χ0n) is 44.9. The summed E-state index contributed by atoms with van der Waals surface area (Å²) in [7, 11) is 0. The first kappa shape index (κ1) is 73.3. The molecule has 0 amide bonds. The maximum atomic E-state index is 17.3. The average molecular weight is 1450 g/mol. The topological polar surface area (TPSA) is 16.6 Å². The Labute approximate surface area is 506 Å². The van der Waals surface area contributed by atoms with Gasteiger partial charge in [-0.1, -0.05) is 0 Å². The van der Waals surface area contributed by atoms with Crippen molar-refractivity contribution in [2.24, 2.45) is 0 Å². The second kappa shape index (κ2) is 25.2. The molecule has 0 fully saturated rings. The second-order valence-electron chi connectivity index (χ2n) is 19.5. The van der Waals surface area contributed by atoms with E-state index in [0.29, 0.717) is 0 Å². The van der Waals surface area contributed by atoms with E-state index in [1.165, 1.54) is 6.92 Å². The van der Waals surface area contributed by atoms with E-state index in [0.717, 1.165) is 0 Å². The molecule has 0 saturated carbocycles. The van der Waals surface area contributed by atoms with Crippen LogP contribution >= 0.6 is 0 Å². The molecule has 0 aromatic heterocycles. The summed E-state index contributed by atoms with van der Waals surface area (Å²) in [6.07, 6.45) is -12.5. The third-order valence-electron chi connectivity index (χ3n) is 14.4. The zero-order valence-corrected chi connectivity index (χ0v) is 44.9. The minimum absolute atomic E-state index is 0.0625. The lowest BCUT2D eigenvalue weighted by Crippen LogP contribution is -2.97. The largest absolute Gasteiger partial charge is 0.514 e. The maximum Gasteiger partial charge on any atom is 0.514 e. The Morgan fingerprint density at radius 1 is 0.237 bits per heavy atom. The number of quaternary nitrogens is 1. The van der Waals surface area contributed by atoms with Gasteiger partial charge in [-0.25, -0.2) is 149 Å². The minimum Gasteiger partial charge on any atom is -0.277 e. The number of halogens is 39. The highest BCUT2D eigenvalue weighted by Gasteiger charge is 2.62. The number of benzene rings is 10. The van der Waals surface area contributed by atoms with Crippen molar-refractivity contribution in [2.75, 3.05) is 6.54 Å². The van der Waals surface area contributed by atoms with Gasteiger partial charge in [-0.05, 0) is 52.7 Å². The highest BCUT2D eigenvalue weighted by Crippen LogP contribution is 2.42. The smallest absolute Gasteiger partial charge is 0.277 e. The van der Waals surface area contributed by atoms with Gasteiger partial charge in [-0.3, -0.25) is 5.32 Å². The van der Waals surface area contributed by atoms with E-state index in [-0.39, 0.29) is 11.9 Å². The van der Waals surface area contributed by atoms with Crippen LogP contribution in [-0.4, -0.2) is 24.9 Å². The lowest BCUT2D eigenvalue weighted by atomic mass is 9.11. The van der Waals surface area contributed by atoms with E-state index in [9.17, 15) is 83.4 Å². The number of fused-ring (bicyclic) bond motifs is 4. The van der Waals surface area contributed by atoms with E-state index in [2.05, 4.69) is 0 Å². The zero-order chi connectivity index (χ0) is 73.5. The van der Waals surface area contributed by atoms with Gasteiger partial charge in [-0.15, -0.1) is 30.6 Å². The number of hydrogen-bond acceptors (Lipinski definition) is 0. The van der Waals surface area contributed by atoms with E-state index in [1.807, 2.05) is 0 Å². The summed E-state index contributed by atoms with van der Waals surface area (Å²) in [6.45, 7) is 0.923. The Bertz CT molecular complexity index is 4460. The number of hydrogen-bond donors (Lipinski definition) is 1. The van der Waals surface area contributed by atoms with Gasteiger partial charge < -0.3 is 0 Å². The summed E-state index contributed by atoms with van der Waals surface area (Å²) in [6, 6.07) is -7.88. The van der Waals surface area contributed by atoms with Gasteiger partial charge >= 0.3 is 12.2 Å². The van der Waals surface area contributed by atoms with Crippen LogP contribution in [0.4, 0.5) is 171 Å². The van der Waals surface area contributed by atoms with Crippen LogP contribution in [0.5, 0.6) is 0 Å². The highest BCUT2D eigenvalue weighted by molar-refractivity contribution is 7.23. The molecule has 0 saturated heterocycles. The first-order valence-corrected chi connectivity index (χ1v) is 24.7. The molecule has 0 aliphatic carbocycles. The van der Waals surface area contributed by atoms with Crippen molar-refractivity contribution in [3.05, 3.63) is 222 Å². The SMILES string of the molecule is CC[NH2+]C(F)(F)C(F)(F)F.Fc1c(F)c(F)c(-c2c(F)c(F)c(F)c(F)c2F)c(F)c1F.Fc1cc2c([B-](c3c(F)c(F)c(F)c4c(F)c(F)c(F)cc34)(c3c(F)c(F)c(F)c4c(F)c(F)c(F)cc34)c3c(F)c(F)c(F)c4c(F)c(F)c(F)cc34)c(F)c(F)c(F)c2c(F)c1F. The predicted octanol–water partition coefficient (Wildman–Crippen LogP) is 16.5. The van der Waals surface area contributed by atoms with Crippen LogP contribution in [0.2, 0.25) is 0 Å². The van der Waals surface area contributed by atoms with Crippen LogP contribution in [0.15, 0.2) is 24.3 Å². The van der Waals surface area contributed by atoms with E-state index in [4.69, 9.17) is 0 Å². The fraction of sp³-hybridized carbons (Fsp3) is 0.0714. The van der Waals surface area contributed by atoms with Crippen LogP contribution in [0.3, 0.4) is 0 Å². The van der Waals surface area contributed by atoms with Crippen molar-refractivity contribution in [2.45, 2.75) is 19.1 Å². The lowest BCUT2D eigenvalue weighted by molar-refractivity contribution is -0.808. The quantitative estimate of drug-likeness (QED) is 0.0538. The predicted molar refractivity (Wildman–Crippen MR) is 254 cm³/mol. The maximum absolute atomic E-state index is 17.3. The fourth-order valence-corrected chi connectivity index (χ4v) is 10.4. The summed E-state index contributed by atoms with van der Waals surface area (Å²) in [4.78, 5) is 0. The Morgan fingerprint density at radius 3 is 0.567 bits per heavy atom. The summed E-state index contributed by atoms with van der Waals surface area (Å²) < 4.78 is 568. The molecule has 10 aromatic carbocycles. The standard InChI is InChI=1S/C40H4BF24.C12F10.C4H6F5N/c42-9-1-5-13(25(50)21(9)46)29(54)37(62)33(58)17(5)41(18-6-2-10(43)22(47)26(51)14(6)30(55)38(63)34(18)59,19-7-3-11(44)23(48)27(52)15(7)31(56)39(64)35(19)60)20-8-4-12(45)24(49)28(53)16(8)32(57)40(65)36(20)61;13-3-1(4(14)8(18)11(21)7(3)17)2-5(15)9(19)12(22)10(20)6(2)16;1-2-10-4(8,9)3(5,6)7/h1-4H;;10H,2H2,1H3/q-1;;/p+1. The molecule has 0 bridgehead atoms. The molecule has 0 atom stereocenters. The molecule has 0 radical (unpaired) electrons. The van der Waals surface area contributed by atoms with Crippen molar-refractivity contribution >= 4 is 71.1 Å². The molecule has 41 heteroatoms. The molecule has 10 rings (SSSR count). The van der Waals surface area contributed by atoms with Crippen LogP contribution in [0, 0.1) is 198 Å². The average Bonchev–Trinajstić information content (AvgIpc) is 0.667. The molecule has 2 N–H and O–H groups in total. The molecule has 0 heterocycles. The van der Waals surface area contributed by atoms with E-state index in [1.54, 1.807) is 0 Å². The first-order valence-electron chi connectivity index (χ1n) is 24.7. The van der Waals surface area contributed by atoms with Crippen molar-refractivity contribution in [3.8, 4) is 11.1 Å². The molecule has 1 nitrogen and oxygen atoms in total. The molecule has 0 unspecified atom stereocenters. The molecule has 0 aliphatic rings. The molecular weight excluding hydrogens is 1440 g/mol. The Morgan fingerprint density at radius 2 is 0.402 bits per heavy atom. The third-order valence-corrected chi connectivity index (χ3v) is 14.4. The van der Waals surface area contributed by atoms with Gasteiger partial charge in [0.1, 0.15) is 29.4 Å². The molecule has 516 valence electrons. The highest BCUT2D eigenvalue weighted by atomic mass is 19.4. The van der Waals surface area contributed by atoms with Gasteiger partial charge in [0, 0.05) is 0 Å². The minimum atomic E-state index is -7.01. The Kier molecular flexibility index (Phi) is 19.0. The van der Waals surface area contributed by atoms with Crippen molar-refractivity contribution in [3.63, 3.8) is 0 Å². The van der Waals surface area contributed by atoms with Crippen LogP contribution in [0.25, 0.3) is 54.2 Å². The monoisotopic (exact) mass is 1450 g/mol. The second-order valence-corrected chi connectivity index (χ2v) is 19.5. The summed E-state index contributed by atoms with van der Waals surface area (Å²) in [5, 5.41) is -20.6. The van der Waals surface area contributed by atoms with Gasteiger partial charge in [0.15, 0.2) is 163 Å². The summed E-state index contributed by atoms with van der Waals surface area (Å²) in [5.74, 6) is -102. The molecule has 97 heavy (non-hydrogen) atoms. The van der Waals surface area contributed by atoms with Crippen LogP contribution < -0.4 is 27.2 Å². The van der Waals surface area contributed by atoms with Gasteiger partial charge in [0.2, 0.25) is 11.6 Å². The molecule has 0 spiro atoms. The third kappa shape index (κ3) is 10.8. The Hall–Kier alpha value is -9.47. The number of rotatable bonds is 7. The van der Waals surface area contributed by atoms with E-state index < -0.39 is 316 Å². The number of alkyl halides is 5. The van der Waals surface area contributed by atoms with E-state index >= 15 is 87.8 Å². The van der Waals surface area contributed by atoms with Crippen LogP contribution in [-0.2, 0) is 0 Å². The Balaban J connectivity index is 0.000000307. The lowest BCUT2D eigenvalue weighted by Gasteiger charge is -2.47. The van der Waals surface area contributed by atoms with Crippen molar-refractivity contribution in [1.82, 2.24) is 0 Å². The molecule has 10 aromatic rings. The van der Waals surface area contributed by atoms with Gasteiger partial charge in [0.05, 0.1) is 39.2 Å². The number of nitrogens with two attached hydrogens (primary N) is 1. The normalized spacial score (nSPS) is 12.2. The van der Waals surface area contributed by atoms with Gasteiger partial charge in [0.25, 0.3) is 0 Å². The summed E-state index contributed by atoms with van der Waals surface area (Å²) in [5.41, 5.74) is -16.6. The van der Waals surface area contributed by atoms with Crippen molar-refractivity contribution < 1.29 is 177 Å². The first-order chi connectivity index (χ1) is 44.7. The fourth-order valence-electron chi connectivity index (χ4n) is 10.4. The van der Waals surface area contributed by atoms with Crippen molar-refractivity contribution in [1.29, 1.82) is 0 Å². The summed E-state index contributed by atoms with van der Waals surface area (Å²) >= 11 is 0. The van der Waals surface area contributed by atoms with Crippen LogP contribution in [0.1, 0.15) is 6.92 Å². The molecule has 0 aliphatic heterocycles. The van der Waals surface area contributed by atoms with Gasteiger partial charge in [-0.2, -0.15) is 13.2 Å². The molecular formula is C56H11BF39N.